The molecule has 0 saturated heterocycles. The number of aromatic amines is 1. The van der Waals surface area contributed by atoms with Crippen molar-refractivity contribution in [3.63, 3.8) is 0 Å². The number of pyridine rings is 1. The molecule has 0 spiro atoms. The van der Waals surface area contributed by atoms with Crippen LogP contribution in [0.25, 0.3) is 11.0 Å². The molecule has 0 saturated carbocycles. The predicted octanol–water partition coefficient (Wildman–Crippen LogP) is 1.86. The lowest BCUT2D eigenvalue weighted by molar-refractivity contribution is 0.586. The number of hydrogen-bond donors (Lipinski definition) is 1. The first kappa shape index (κ1) is 6.72. The highest BCUT2D eigenvalue weighted by atomic mass is 79.9. The van der Waals surface area contributed by atoms with Crippen molar-refractivity contribution in [1.82, 2.24) is 15.2 Å². The van der Waals surface area contributed by atoms with E-state index in [2.05, 4.69) is 31.1 Å². The Morgan fingerprint density at radius 1 is 1.55 bits per heavy atom. The van der Waals surface area contributed by atoms with E-state index in [0.29, 0.717) is 5.52 Å². The summed E-state index contributed by atoms with van der Waals surface area (Å²) >= 11 is 3.21. The predicted molar refractivity (Wildman–Crippen MR) is 41.5 cm³/mol. The molecule has 0 bridgehead atoms. The first-order chi connectivity index (χ1) is 5.27. The first-order valence-electron chi connectivity index (χ1n) is 2.92. The van der Waals surface area contributed by atoms with Crippen molar-refractivity contribution < 1.29 is 4.39 Å². The second-order valence-electron chi connectivity index (χ2n) is 2.06. The van der Waals surface area contributed by atoms with Gasteiger partial charge in [-0.25, -0.2) is 4.98 Å². The van der Waals surface area contributed by atoms with Gasteiger partial charge >= 0.3 is 0 Å². The summed E-state index contributed by atoms with van der Waals surface area (Å²) in [6.45, 7) is 0. The largest absolute Gasteiger partial charge is 0.273 e. The third-order valence-corrected chi connectivity index (χ3v) is 1.76. The number of hydrogen-bond acceptors (Lipinski definition) is 2. The highest BCUT2D eigenvalue weighted by Gasteiger charge is 2.04. The van der Waals surface area contributed by atoms with Gasteiger partial charge in [0.05, 0.1) is 5.52 Å². The fourth-order valence-electron chi connectivity index (χ4n) is 0.851. The van der Waals surface area contributed by atoms with E-state index < -0.39 is 5.95 Å². The lowest BCUT2D eigenvalue weighted by Crippen LogP contribution is -1.76. The van der Waals surface area contributed by atoms with Crippen molar-refractivity contribution in [3.8, 4) is 0 Å². The molecule has 2 aromatic heterocycles. The van der Waals surface area contributed by atoms with Gasteiger partial charge in [-0.05, 0) is 22.0 Å². The van der Waals surface area contributed by atoms with Crippen LogP contribution in [0.15, 0.2) is 16.7 Å². The summed E-state index contributed by atoms with van der Waals surface area (Å²) in [4.78, 5) is 3.82. The number of rotatable bonds is 0. The van der Waals surface area contributed by atoms with E-state index in [1.807, 2.05) is 0 Å². The minimum atomic E-state index is -0.563. The standard InChI is InChI=1S/C6H3BrFN3/c7-3-1-4-5(9-2-3)6(8)11-10-4/h1-2H,(H,10,11). The van der Waals surface area contributed by atoms with Crippen LogP contribution in [0.3, 0.4) is 0 Å². The van der Waals surface area contributed by atoms with Crippen LogP contribution in [0.1, 0.15) is 0 Å². The van der Waals surface area contributed by atoms with Crippen LogP contribution in [-0.2, 0) is 0 Å². The number of nitrogens with zero attached hydrogens (tertiary/aromatic N) is 2. The monoisotopic (exact) mass is 215 g/mol. The second kappa shape index (κ2) is 2.27. The Bertz CT molecular complexity index is 398. The van der Waals surface area contributed by atoms with Crippen molar-refractivity contribution in [2.75, 3.05) is 0 Å². The number of fused-ring (bicyclic) bond motifs is 1. The fraction of sp³-hybridized carbons (Fsp3) is 0. The number of aromatic nitrogens is 3. The molecule has 56 valence electrons. The summed E-state index contributed by atoms with van der Waals surface area (Å²) in [5.41, 5.74) is 0.866. The normalized spacial score (nSPS) is 10.7. The van der Waals surface area contributed by atoms with E-state index >= 15 is 0 Å². The van der Waals surface area contributed by atoms with Crippen LogP contribution in [0.4, 0.5) is 4.39 Å². The second-order valence-corrected chi connectivity index (χ2v) is 2.98. The molecule has 0 unspecified atom stereocenters. The van der Waals surface area contributed by atoms with Gasteiger partial charge < -0.3 is 0 Å². The van der Waals surface area contributed by atoms with Crippen LogP contribution in [0, 0.1) is 5.95 Å². The van der Waals surface area contributed by atoms with Gasteiger partial charge in [0.2, 0.25) is 0 Å². The molecule has 2 heterocycles. The van der Waals surface area contributed by atoms with Crippen LogP contribution in [-0.4, -0.2) is 15.2 Å². The van der Waals surface area contributed by atoms with E-state index in [0.717, 1.165) is 4.47 Å². The van der Waals surface area contributed by atoms with Crippen LogP contribution >= 0.6 is 15.9 Å². The zero-order valence-electron chi connectivity index (χ0n) is 5.31. The minimum absolute atomic E-state index is 0.271. The lowest BCUT2D eigenvalue weighted by Gasteiger charge is -1.87. The molecule has 0 aliphatic rings. The Labute approximate surface area is 69.8 Å². The zero-order valence-corrected chi connectivity index (χ0v) is 6.89. The minimum Gasteiger partial charge on any atom is -0.273 e. The van der Waals surface area contributed by atoms with Crippen molar-refractivity contribution in [2.45, 2.75) is 0 Å². The Morgan fingerprint density at radius 2 is 2.36 bits per heavy atom. The SMILES string of the molecule is Fc1n[nH]c2cc(Br)cnc12. The Balaban J connectivity index is 2.86. The van der Waals surface area contributed by atoms with E-state index in [9.17, 15) is 4.39 Å². The Morgan fingerprint density at radius 3 is 3.18 bits per heavy atom. The molecule has 5 heteroatoms. The molecular formula is C6H3BrFN3. The Hall–Kier alpha value is -0.970. The highest BCUT2D eigenvalue weighted by Crippen LogP contribution is 2.16. The van der Waals surface area contributed by atoms with Crippen LogP contribution < -0.4 is 0 Å². The molecule has 3 nitrogen and oxygen atoms in total. The molecule has 11 heavy (non-hydrogen) atoms. The topological polar surface area (TPSA) is 41.6 Å². The summed E-state index contributed by atoms with van der Waals surface area (Å²) in [6, 6.07) is 1.72. The van der Waals surface area contributed by atoms with E-state index in [4.69, 9.17) is 0 Å². The third kappa shape index (κ3) is 1.01. The quantitative estimate of drug-likeness (QED) is 0.730. The average molecular weight is 216 g/mol. The fourth-order valence-corrected chi connectivity index (χ4v) is 1.18. The number of H-pyrrole nitrogens is 1. The van der Waals surface area contributed by atoms with Crippen LogP contribution in [0.2, 0.25) is 0 Å². The summed E-state index contributed by atoms with van der Waals surface area (Å²) < 4.78 is 13.5. The maximum atomic E-state index is 12.7. The third-order valence-electron chi connectivity index (χ3n) is 1.32. The maximum Gasteiger partial charge on any atom is 0.258 e. The van der Waals surface area contributed by atoms with E-state index in [-0.39, 0.29) is 5.52 Å². The van der Waals surface area contributed by atoms with Gasteiger partial charge in [0.25, 0.3) is 5.95 Å². The highest BCUT2D eigenvalue weighted by molar-refractivity contribution is 9.10. The van der Waals surface area contributed by atoms with Crippen LogP contribution in [0.5, 0.6) is 0 Å². The van der Waals surface area contributed by atoms with Gasteiger partial charge in [0, 0.05) is 10.7 Å². The number of nitrogens with one attached hydrogen (secondary N) is 1. The Kier molecular flexibility index (Phi) is 1.38. The molecule has 0 atom stereocenters. The smallest absolute Gasteiger partial charge is 0.258 e. The molecule has 2 aromatic rings. The van der Waals surface area contributed by atoms with Gasteiger partial charge in [-0.1, -0.05) is 0 Å². The van der Waals surface area contributed by atoms with E-state index in [1.165, 1.54) is 6.20 Å². The molecular weight excluding hydrogens is 213 g/mol. The maximum absolute atomic E-state index is 12.7. The first-order valence-corrected chi connectivity index (χ1v) is 3.72. The van der Waals surface area contributed by atoms with Crippen molar-refractivity contribution in [3.05, 3.63) is 22.7 Å². The molecule has 0 aromatic carbocycles. The van der Waals surface area contributed by atoms with E-state index in [1.54, 1.807) is 6.07 Å². The molecule has 0 amide bonds. The van der Waals surface area contributed by atoms with Gasteiger partial charge in [-0.15, -0.1) is 5.10 Å². The average Bonchev–Trinajstić information content (AvgIpc) is 2.32. The molecule has 2 rings (SSSR count). The molecule has 0 aliphatic heterocycles. The van der Waals surface area contributed by atoms with Crippen molar-refractivity contribution in [2.24, 2.45) is 0 Å². The van der Waals surface area contributed by atoms with Gasteiger partial charge in [-0.2, -0.15) is 4.39 Å². The molecule has 0 fully saturated rings. The van der Waals surface area contributed by atoms with Crippen molar-refractivity contribution in [1.29, 1.82) is 0 Å². The number of halogens is 2. The zero-order chi connectivity index (χ0) is 7.84. The van der Waals surface area contributed by atoms with Gasteiger partial charge in [0.1, 0.15) is 5.52 Å². The van der Waals surface area contributed by atoms with Crippen molar-refractivity contribution >= 4 is 27.0 Å². The summed E-state index contributed by atoms with van der Waals surface area (Å²) in [5.74, 6) is -0.563. The molecule has 0 aliphatic carbocycles. The summed E-state index contributed by atoms with van der Waals surface area (Å²) in [6.07, 6.45) is 1.53. The molecule has 1 N–H and O–H groups in total. The summed E-state index contributed by atoms with van der Waals surface area (Å²) in [7, 11) is 0. The van der Waals surface area contributed by atoms with Gasteiger partial charge in [0.15, 0.2) is 0 Å². The summed E-state index contributed by atoms with van der Waals surface area (Å²) in [5, 5.41) is 5.87. The lowest BCUT2D eigenvalue weighted by atomic mass is 10.4. The van der Waals surface area contributed by atoms with Gasteiger partial charge in [-0.3, -0.25) is 5.10 Å². The molecule has 0 radical (unpaired) electrons.